The molecule has 1 unspecified atom stereocenters. The number of rotatable bonds is 9. The minimum atomic E-state index is -4.73. The summed E-state index contributed by atoms with van der Waals surface area (Å²) in [6.07, 6.45) is -5.94. The van der Waals surface area contributed by atoms with E-state index in [4.69, 9.17) is 16.3 Å². The average molecular weight is 634 g/mol. The number of aromatic nitrogens is 2. The molecule has 0 saturated carbocycles. The third-order valence-corrected chi connectivity index (χ3v) is 6.80. The van der Waals surface area contributed by atoms with Crippen molar-refractivity contribution in [3.05, 3.63) is 81.9 Å². The fourth-order valence-electron chi connectivity index (χ4n) is 3.59. The summed E-state index contributed by atoms with van der Waals surface area (Å²) >= 11 is 5.97. The maximum atomic E-state index is 14.8. The molecular formula is C26H28ClF4N5O5S. The van der Waals surface area contributed by atoms with E-state index in [2.05, 4.69) is 10.4 Å². The lowest BCUT2D eigenvalue weighted by Crippen LogP contribution is -2.42. The van der Waals surface area contributed by atoms with E-state index in [0.29, 0.717) is 0 Å². The fraction of sp³-hybridized carbons (Fsp3) is 0.346. The van der Waals surface area contributed by atoms with Gasteiger partial charge in [-0.15, -0.1) is 0 Å². The van der Waals surface area contributed by atoms with Crippen molar-refractivity contribution in [3.63, 3.8) is 0 Å². The molecule has 3 N–H and O–H groups in total. The number of nitrogens with zero attached hydrogens (tertiary/aromatic N) is 2. The van der Waals surface area contributed by atoms with Gasteiger partial charge < -0.3 is 10.1 Å². The summed E-state index contributed by atoms with van der Waals surface area (Å²) in [6, 6.07) is 10.5. The predicted molar refractivity (Wildman–Crippen MR) is 145 cm³/mol. The normalized spacial score (nSPS) is 13.0. The molecule has 0 radical (unpaired) electrons. The molecule has 0 aliphatic heterocycles. The summed E-state index contributed by atoms with van der Waals surface area (Å²) in [5.41, 5.74) is -1.67. The summed E-state index contributed by atoms with van der Waals surface area (Å²) < 4.78 is 88.5. The molecule has 0 bridgehead atoms. The highest BCUT2D eigenvalue weighted by atomic mass is 35.5. The molecular weight excluding hydrogens is 606 g/mol. The summed E-state index contributed by atoms with van der Waals surface area (Å²) in [7, 11) is -4.37. The second-order valence-electron chi connectivity index (χ2n) is 10.1. The number of carbonyl (C=O) groups is 2. The molecule has 3 aromatic rings. The van der Waals surface area contributed by atoms with Crippen LogP contribution in [0.3, 0.4) is 0 Å². The number of hydrogen-bond donors (Lipinski definition) is 3. The van der Waals surface area contributed by atoms with Crippen LogP contribution in [0.15, 0.2) is 48.5 Å². The van der Waals surface area contributed by atoms with Crippen molar-refractivity contribution in [1.82, 2.24) is 24.5 Å². The first-order chi connectivity index (χ1) is 19.3. The number of carbonyl (C=O) groups excluding carboxylic acids is 2. The molecule has 0 aliphatic carbocycles. The molecule has 0 saturated heterocycles. The Kier molecular flexibility index (Phi) is 9.90. The van der Waals surface area contributed by atoms with Gasteiger partial charge in [-0.1, -0.05) is 29.8 Å². The number of amides is 2. The zero-order valence-electron chi connectivity index (χ0n) is 22.8. The van der Waals surface area contributed by atoms with Crippen molar-refractivity contribution in [2.24, 2.45) is 0 Å². The van der Waals surface area contributed by atoms with Crippen LogP contribution in [0.4, 0.5) is 22.4 Å². The number of halogens is 5. The summed E-state index contributed by atoms with van der Waals surface area (Å²) in [5.74, 6) is -2.37. The Hall–Kier alpha value is -3.69. The van der Waals surface area contributed by atoms with Crippen molar-refractivity contribution >= 4 is 33.8 Å². The van der Waals surface area contributed by atoms with Crippen LogP contribution in [0.2, 0.25) is 5.02 Å². The van der Waals surface area contributed by atoms with Crippen LogP contribution in [0.25, 0.3) is 5.69 Å². The van der Waals surface area contributed by atoms with Crippen LogP contribution < -0.4 is 14.8 Å². The fourth-order valence-corrected chi connectivity index (χ4v) is 4.45. The number of hydrogen-bond acceptors (Lipinski definition) is 6. The van der Waals surface area contributed by atoms with Gasteiger partial charge in [0, 0.05) is 17.1 Å². The smallest absolute Gasteiger partial charge is 0.435 e. The lowest BCUT2D eigenvalue weighted by molar-refractivity contribution is -0.141. The van der Waals surface area contributed by atoms with E-state index in [1.165, 1.54) is 37.3 Å². The number of ether oxygens (including phenoxy) is 1. The molecule has 228 valence electrons. The average Bonchev–Trinajstić information content (AvgIpc) is 3.29. The number of alkyl halides is 3. The van der Waals surface area contributed by atoms with E-state index in [9.17, 15) is 35.6 Å². The van der Waals surface area contributed by atoms with E-state index in [-0.39, 0.29) is 34.1 Å². The van der Waals surface area contributed by atoms with Gasteiger partial charge in [0.05, 0.1) is 23.8 Å². The van der Waals surface area contributed by atoms with Crippen LogP contribution in [-0.4, -0.2) is 35.8 Å². The number of nitrogens with one attached hydrogen (secondary N) is 3. The first-order valence-electron chi connectivity index (χ1n) is 12.3. The second-order valence-corrected chi connectivity index (χ2v) is 12.1. The maximum absolute atomic E-state index is 14.8. The van der Waals surface area contributed by atoms with E-state index < -0.39 is 58.0 Å². The van der Waals surface area contributed by atoms with Gasteiger partial charge in [-0.25, -0.2) is 18.6 Å². The van der Waals surface area contributed by atoms with Gasteiger partial charge in [-0.2, -0.15) is 31.4 Å². The molecule has 16 heteroatoms. The van der Waals surface area contributed by atoms with Gasteiger partial charge in [0.25, 0.3) is 0 Å². The standard InChI is InChI=1S/C26H28ClF4N5O5S/c1-15(16-8-9-17(21(28)10-16)13-33-42(39,40)35-24(38)41-25(2,3)4)23(37)32-14-20-12-22(26(29,30)31)34-36(20)19-7-5-6-18(27)11-19/h5-12,15,33H,13-14H2,1-4H3,(H,32,37)(H,35,38). The molecule has 0 fully saturated rings. The monoisotopic (exact) mass is 633 g/mol. The number of benzene rings is 2. The molecule has 1 atom stereocenters. The minimum absolute atomic E-state index is 0.0268. The van der Waals surface area contributed by atoms with Gasteiger partial charge in [-0.3, -0.25) is 4.79 Å². The molecule has 0 aliphatic rings. The first kappa shape index (κ1) is 32.8. The van der Waals surface area contributed by atoms with Crippen molar-refractivity contribution in [1.29, 1.82) is 0 Å². The van der Waals surface area contributed by atoms with Crippen LogP contribution in [0, 0.1) is 5.82 Å². The Morgan fingerprint density at radius 2 is 1.76 bits per heavy atom. The molecule has 42 heavy (non-hydrogen) atoms. The van der Waals surface area contributed by atoms with Crippen LogP contribution in [0.5, 0.6) is 0 Å². The SMILES string of the molecule is CC(C(=O)NCc1cc(C(F)(F)F)nn1-c1cccc(Cl)c1)c1ccc(CNS(=O)(=O)NC(=O)OC(C)(C)C)c(F)c1. The molecule has 2 amide bonds. The molecule has 2 aromatic carbocycles. The van der Waals surface area contributed by atoms with E-state index in [0.717, 1.165) is 16.8 Å². The zero-order valence-corrected chi connectivity index (χ0v) is 24.4. The lowest BCUT2D eigenvalue weighted by atomic mass is 9.98. The molecule has 0 spiro atoms. The third kappa shape index (κ3) is 9.16. The third-order valence-electron chi connectivity index (χ3n) is 5.61. The van der Waals surface area contributed by atoms with Crippen LogP contribution in [0.1, 0.15) is 56.1 Å². The van der Waals surface area contributed by atoms with Gasteiger partial charge >= 0.3 is 22.5 Å². The Bertz CT molecular complexity index is 1570. The summed E-state index contributed by atoms with van der Waals surface area (Å²) in [6.45, 7) is 5.26. The topological polar surface area (TPSA) is 131 Å². The van der Waals surface area contributed by atoms with Crippen LogP contribution in [-0.2, 0) is 39.0 Å². The van der Waals surface area contributed by atoms with Crippen molar-refractivity contribution in [3.8, 4) is 5.69 Å². The van der Waals surface area contributed by atoms with Crippen molar-refractivity contribution < 1.29 is 40.3 Å². The highest BCUT2D eigenvalue weighted by molar-refractivity contribution is 7.88. The lowest BCUT2D eigenvalue weighted by Gasteiger charge is -2.19. The Morgan fingerprint density at radius 1 is 1.07 bits per heavy atom. The highest BCUT2D eigenvalue weighted by Crippen LogP contribution is 2.30. The van der Waals surface area contributed by atoms with Crippen LogP contribution >= 0.6 is 11.6 Å². The molecule has 1 heterocycles. The maximum Gasteiger partial charge on any atom is 0.435 e. The Labute approximate surface area is 244 Å². The molecule has 3 rings (SSSR count). The predicted octanol–water partition coefficient (Wildman–Crippen LogP) is 4.96. The van der Waals surface area contributed by atoms with E-state index >= 15 is 0 Å². The van der Waals surface area contributed by atoms with E-state index in [1.54, 1.807) is 31.6 Å². The van der Waals surface area contributed by atoms with Gasteiger partial charge in [0.1, 0.15) is 11.4 Å². The Balaban J connectivity index is 1.67. The summed E-state index contributed by atoms with van der Waals surface area (Å²) in [4.78, 5) is 24.5. The van der Waals surface area contributed by atoms with E-state index in [1.807, 2.05) is 4.72 Å². The summed E-state index contributed by atoms with van der Waals surface area (Å²) in [5, 5.41) is 6.42. The molecule has 10 nitrogen and oxygen atoms in total. The Morgan fingerprint density at radius 3 is 2.36 bits per heavy atom. The highest BCUT2D eigenvalue weighted by Gasteiger charge is 2.35. The minimum Gasteiger partial charge on any atom is -0.443 e. The molecule has 1 aromatic heterocycles. The largest absolute Gasteiger partial charge is 0.443 e. The van der Waals surface area contributed by atoms with Crippen molar-refractivity contribution in [2.45, 2.75) is 58.5 Å². The van der Waals surface area contributed by atoms with Gasteiger partial charge in [-0.05, 0) is 63.6 Å². The zero-order chi connectivity index (χ0) is 31.5. The quantitative estimate of drug-likeness (QED) is 0.286. The van der Waals surface area contributed by atoms with Gasteiger partial charge in [0.2, 0.25) is 5.91 Å². The first-order valence-corrected chi connectivity index (χ1v) is 14.2. The second kappa shape index (κ2) is 12.7. The van der Waals surface area contributed by atoms with Crippen molar-refractivity contribution in [2.75, 3.05) is 0 Å². The van der Waals surface area contributed by atoms with Gasteiger partial charge in [0.15, 0.2) is 5.69 Å².